The van der Waals surface area contributed by atoms with Gasteiger partial charge in [-0.3, -0.25) is 0 Å². The van der Waals surface area contributed by atoms with Crippen molar-refractivity contribution in [2.45, 2.75) is 38.1 Å². The van der Waals surface area contributed by atoms with Crippen molar-refractivity contribution in [2.75, 3.05) is 0 Å². The fraction of sp³-hybridized carbons (Fsp3) is 1.00. The lowest BCUT2D eigenvalue weighted by molar-refractivity contribution is -0.0728. The van der Waals surface area contributed by atoms with Crippen molar-refractivity contribution < 1.29 is 15.3 Å². The second kappa shape index (κ2) is 2.86. The zero-order chi connectivity index (χ0) is 7.72. The summed E-state index contributed by atoms with van der Waals surface area (Å²) in [6.07, 6.45) is -1.01. The maximum Gasteiger partial charge on any atom is 0.0823 e. The number of hydrogen-bond acceptors (Lipinski definition) is 3. The summed E-state index contributed by atoms with van der Waals surface area (Å²) in [5.41, 5.74) is 0. The van der Waals surface area contributed by atoms with Crippen LogP contribution in [-0.4, -0.2) is 33.6 Å². The summed E-state index contributed by atoms with van der Waals surface area (Å²) in [7, 11) is 0. The van der Waals surface area contributed by atoms with Crippen LogP contribution < -0.4 is 0 Å². The molecule has 3 heteroatoms. The molecule has 1 aliphatic carbocycles. The highest BCUT2D eigenvalue weighted by Crippen LogP contribution is 2.24. The monoisotopic (exact) mass is 146 g/mol. The molecule has 1 aliphatic rings. The zero-order valence-electron chi connectivity index (χ0n) is 6.07. The first-order valence-corrected chi connectivity index (χ1v) is 3.65. The lowest BCUT2D eigenvalue weighted by Gasteiger charge is -2.31. The molecule has 0 heterocycles. The predicted molar refractivity (Wildman–Crippen MR) is 36.4 cm³/mol. The Morgan fingerprint density at radius 1 is 0.900 bits per heavy atom. The van der Waals surface area contributed by atoms with Crippen LogP contribution in [0.25, 0.3) is 0 Å². The SMILES string of the molecule is C[C@H]1C[C@@H](O)[C@@H](O)C[C@@H]1O. The number of aliphatic hydroxyl groups is 3. The van der Waals surface area contributed by atoms with E-state index in [2.05, 4.69) is 0 Å². The van der Waals surface area contributed by atoms with Gasteiger partial charge in [0.15, 0.2) is 0 Å². The Bertz CT molecular complexity index is 89.4. The molecule has 0 radical (unpaired) electrons. The molecule has 1 fully saturated rings. The topological polar surface area (TPSA) is 60.7 Å². The van der Waals surface area contributed by atoms with Crippen LogP contribution in [0.5, 0.6) is 0 Å². The van der Waals surface area contributed by atoms with Crippen LogP contribution in [0.2, 0.25) is 0 Å². The molecule has 1 rings (SSSR count). The van der Waals surface area contributed by atoms with Crippen molar-refractivity contribution in [3.8, 4) is 0 Å². The highest BCUT2D eigenvalue weighted by atomic mass is 16.3. The van der Waals surface area contributed by atoms with Crippen LogP contribution in [0.3, 0.4) is 0 Å². The average molecular weight is 146 g/mol. The fourth-order valence-electron chi connectivity index (χ4n) is 1.33. The molecule has 0 aromatic carbocycles. The molecule has 0 amide bonds. The highest BCUT2D eigenvalue weighted by Gasteiger charge is 2.31. The van der Waals surface area contributed by atoms with Crippen LogP contribution in [0, 0.1) is 5.92 Å². The fourth-order valence-corrected chi connectivity index (χ4v) is 1.33. The van der Waals surface area contributed by atoms with E-state index in [1.54, 1.807) is 0 Å². The minimum atomic E-state index is -0.730. The molecule has 0 spiro atoms. The van der Waals surface area contributed by atoms with E-state index in [4.69, 9.17) is 10.2 Å². The molecule has 1 saturated carbocycles. The van der Waals surface area contributed by atoms with Crippen LogP contribution in [-0.2, 0) is 0 Å². The normalized spacial score (nSPS) is 49.2. The Morgan fingerprint density at radius 3 is 1.90 bits per heavy atom. The minimum Gasteiger partial charge on any atom is -0.393 e. The van der Waals surface area contributed by atoms with Crippen molar-refractivity contribution in [1.82, 2.24) is 0 Å². The molecule has 60 valence electrons. The van der Waals surface area contributed by atoms with Crippen LogP contribution in [0.15, 0.2) is 0 Å². The second-order valence-corrected chi connectivity index (χ2v) is 3.15. The Hall–Kier alpha value is -0.120. The summed E-state index contributed by atoms with van der Waals surface area (Å²) < 4.78 is 0. The van der Waals surface area contributed by atoms with Gasteiger partial charge in [0.05, 0.1) is 18.3 Å². The van der Waals surface area contributed by atoms with Gasteiger partial charge in [0.2, 0.25) is 0 Å². The quantitative estimate of drug-likeness (QED) is 0.431. The van der Waals surface area contributed by atoms with Gasteiger partial charge in [-0.1, -0.05) is 6.92 Å². The molecule has 4 atom stereocenters. The third kappa shape index (κ3) is 1.48. The number of hydrogen-bond donors (Lipinski definition) is 3. The maximum atomic E-state index is 9.19. The molecular formula is C7H14O3. The second-order valence-electron chi connectivity index (χ2n) is 3.15. The van der Waals surface area contributed by atoms with Crippen LogP contribution in [0.1, 0.15) is 19.8 Å². The molecular weight excluding hydrogens is 132 g/mol. The smallest absolute Gasteiger partial charge is 0.0823 e. The molecule has 3 N–H and O–H groups in total. The summed E-state index contributed by atoms with van der Waals surface area (Å²) in [5.74, 6) is 0.110. The van der Waals surface area contributed by atoms with Crippen molar-refractivity contribution in [1.29, 1.82) is 0 Å². The molecule has 0 unspecified atom stereocenters. The van der Waals surface area contributed by atoms with Crippen molar-refractivity contribution >= 4 is 0 Å². The van der Waals surface area contributed by atoms with Gasteiger partial charge in [-0.05, 0) is 12.3 Å². The minimum absolute atomic E-state index is 0.110. The van der Waals surface area contributed by atoms with E-state index in [-0.39, 0.29) is 5.92 Å². The zero-order valence-corrected chi connectivity index (χ0v) is 6.07. The summed E-state index contributed by atoms with van der Waals surface area (Å²) >= 11 is 0. The molecule has 0 saturated heterocycles. The third-order valence-electron chi connectivity index (χ3n) is 2.20. The first-order chi connectivity index (χ1) is 4.61. The van der Waals surface area contributed by atoms with Gasteiger partial charge in [0.1, 0.15) is 0 Å². The van der Waals surface area contributed by atoms with E-state index in [1.807, 2.05) is 6.92 Å². The summed E-state index contributed by atoms with van der Waals surface area (Å²) in [6.45, 7) is 1.87. The van der Waals surface area contributed by atoms with Gasteiger partial charge in [-0.2, -0.15) is 0 Å². The molecule has 0 bridgehead atoms. The van der Waals surface area contributed by atoms with Gasteiger partial charge in [0.25, 0.3) is 0 Å². The van der Waals surface area contributed by atoms with Crippen LogP contribution in [0.4, 0.5) is 0 Å². The lowest BCUT2D eigenvalue weighted by atomic mass is 9.84. The van der Waals surface area contributed by atoms with E-state index >= 15 is 0 Å². The Morgan fingerprint density at radius 2 is 1.40 bits per heavy atom. The first-order valence-electron chi connectivity index (χ1n) is 3.65. The molecule has 0 aromatic rings. The largest absolute Gasteiger partial charge is 0.393 e. The third-order valence-corrected chi connectivity index (χ3v) is 2.20. The van der Waals surface area contributed by atoms with Crippen molar-refractivity contribution in [3.05, 3.63) is 0 Å². The molecule has 3 nitrogen and oxygen atoms in total. The number of aliphatic hydroxyl groups excluding tert-OH is 3. The Balaban J connectivity index is 2.46. The summed E-state index contributed by atoms with van der Waals surface area (Å²) in [6, 6.07) is 0. The van der Waals surface area contributed by atoms with Crippen molar-refractivity contribution in [2.24, 2.45) is 5.92 Å². The van der Waals surface area contributed by atoms with E-state index in [0.29, 0.717) is 12.8 Å². The molecule has 0 aliphatic heterocycles. The van der Waals surface area contributed by atoms with Crippen molar-refractivity contribution in [3.63, 3.8) is 0 Å². The van der Waals surface area contributed by atoms with Gasteiger partial charge in [-0.15, -0.1) is 0 Å². The summed E-state index contributed by atoms with van der Waals surface area (Å²) in [5, 5.41) is 27.4. The molecule has 0 aromatic heterocycles. The standard InChI is InChI=1S/C7H14O3/c1-4-2-6(9)7(10)3-5(4)8/h4-10H,2-3H2,1H3/t4-,5-,6+,7-/m0/s1. The van der Waals surface area contributed by atoms with Crippen LogP contribution >= 0.6 is 0 Å². The maximum absolute atomic E-state index is 9.19. The van der Waals surface area contributed by atoms with E-state index in [1.165, 1.54) is 0 Å². The van der Waals surface area contributed by atoms with Gasteiger partial charge < -0.3 is 15.3 Å². The lowest BCUT2D eigenvalue weighted by Crippen LogP contribution is -2.40. The Labute approximate surface area is 60.3 Å². The Kier molecular flexibility index (Phi) is 2.28. The number of rotatable bonds is 0. The van der Waals surface area contributed by atoms with E-state index in [0.717, 1.165) is 0 Å². The average Bonchev–Trinajstić information content (AvgIpc) is 1.84. The highest BCUT2D eigenvalue weighted by molar-refractivity contribution is 4.82. The van der Waals surface area contributed by atoms with Gasteiger partial charge in [0, 0.05) is 6.42 Å². The predicted octanol–water partition coefficient (Wildman–Crippen LogP) is -0.501. The van der Waals surface area contributed by atoms with E-state index in [9.17, 15) is 5.11 Å². The van der Waals surface area contributed by atoms with E-state index < -0.39 is 18.3 Å². The van der Waals surface area contributed by atoms with Gasteiger partial charge in [-0.25, -0.2) is 0 Å². The van der Waals surface area contributed by atoms with Gasteiger partial charge >= 0.3 is 0 Å². The first kappa shape index (κ1) is 7.98. The molecule has 10 heavy (non-hydrogen) atoms. The summed E-state index contributed by atoms with van der Waals surface area (Å²) in [4.78, 5) is 0.